The third-order valence-electron chi connectivity index (χ3n) is 3.03. The van der Waals surface area contributed by atoms with Crippen LogP contribution in [0, 0.1) is 13.8 Å². The van der Waals surface area contributed by atoms with E-state index in [1.54, 1.807) is 0 Å². The van der Waals surface area contributed by atoms with E-state index in [1.165, 1.54) is 0 Å². The molecule has 0 bridgehead atoms. The van der Waals surface area contributed by atoms with Crippen molar-refractivity contribution < 1.29 is 5.11 Å². The average molecular weight is 239 g/mol. The molecule has 0 fully saturated rings. The summed E-state index contributed by atoms with van der Waals surface area (Å²) in [4.78, 5) is 3.25. The number of fused-ring (bicyclic) bond motifs is 1. The molecule has 3 nitrogen and oxygen atoms in total. The van der Waals surface area contributed by atoms with Gasteiger partial charge in [0.25, 0.3) is 0 Å². The summed E-state index contributed by atoms with van der Waals surface area (Å²) in [7, 11) is 0. The quantitative estimate of drug-likeness (QED) is 0.753. The van der Waals surface area contributed by atoms with E-state index in [1.807, 2.05) is 26.0 Å². The number of nitrogens with two attached hydrogens (primary N) is 1. The van der Waals surface area contributed by atoms with Crippen molar-refractivity contribution in [2.24, 2.45) is 5.73 Å². The Labute approximate surface area is 99.2 Å². The van der Waals surface area contributed by atoms with Gasteiger partial charge in [-0.15, -0.1) is 0 Å². The van der Waals surface area contributed by atoms with Gasteiger partial charge in [-0.05, 0) is 31.0 Å². The highest BCUT2D eigenvalue weighted by atomic mass is 35.5. The zero-order valence-electron chi connectivity index (χ0n) is 9.34. The summed E-state index contributed by atoms with van der Waals surface area (Å²) in [5.41, 5.74) is 9.81. The Morgan fingerprint density at radius 2 is 2.06 bits per heavy atom. The van der Waals surface area contributed by atoms with Crippen LogP contribution in [0.1, 0.15) is 22.9 Å². The van der Waals surface area contributed by atoms with Crippen LogP contribution < -0.4 is 5.73 Å². The molecule has 1 heterocycles. The fourth-order valence-electron chi connectivity index (χ4n) is 2.00. The van der Waals surface area contributed by atoms with Gasteiger partial charge in [-0.2, -0.15) is 0 Å². The summed E-state index contributed by atoms with van der Waals surface area (Å²) in [6.07, 6.45) is 0. The molecular formula is C12H15ClN2O. The third-order valence-corrected chi connectivity index (χ3v) is 3.44. The van der Waals surface area contributed by atoms with Gasteiger partial charge in [-0.1, -0.05) is 17.7 Å². The Bertz CT molecular complexity index is 533. The first kappa shape index (κ1) is 11.5. The number of aryl methyl sites for hydroxylation is 2. The van der Waals surface area contributed by atoms with Crippen molar-refractivity contribution in [2.45, 2.75) is 19.9 Å². The molecule has 2 rings (SSSR count). The van der Waals surface area contributed by atoms with Gasteiger partial charge in [-0.25, -0.2) is 0 Å². The highest BCUT2D eigenvalue weighted by Crippen LogP contribution is 2.30. The molecule has 16 heavy (non-hydrogen) atoms. The topological polar surface area (TPSA) is 62.0 Å². The number of rotatable bonds is 2. The minimum absolute atomic E-state index is 0.0690. The predicted octanol–water partition coefficient (Wildman–Crippen LogP) is 2.43. The fourth-order valence-corrected chi connectivity index (χ4v) is 2.15. The molecule has 0 amide bonds. The zero-order chi connectivity index (χ0) is 11.9. The summed E-state index contributed by atoms with van der Waals surface area (Å²) in [6, 6.07) is 3.49. The van der Waals surface area contributed by atoms with Gasteiger partial charge in [0.05, 0.1) is 18.2 Å². The molecule has 4 N–H and O–H groups in total. The molecule has 0 aliphatic carbocycles. The Morgan fingerprint density at radius 3 is 2.69 bits per heavy atom. The van der Waals surface area contributed by atoms with Crippen molar-refractivity contribution in [3.05, 3.63) is 34.0 Å². The molecule has 1 atom stereocenters. The molecule has 0 aliphatic heterocycles. The monoisotopic (exact) mass is 238 g/mol. The van der Waals surface area contributed by atoms with Crippen molar-refractivity contribution in [3.8, 4) is 0 Å². The largest absolute Gasteiger partial charge is 0.394 e. The van der Waals surface area contributed by atoms with Gasteiger partial charge in [0.15, 0.2) is 0 Å². The summed E-state index contributed by atoms with van der Waals surface area (Å²) < 4.78 is 0. The number of halogens is 1. The van der Waals surface area contributed by atoms with Gasteiger partial charge in [0.2, 0.25) is 0 Å². The van der Waals surface area contributed by atoms with Gasteiger partial charge < -0.3 is 15.8 Å². The summed E-state index contributed by atoms with van der Waals surface area (Å²) in [5, 5.41) is 10.9. The predicted molar refractivity (Wildman–Crippen MR) is 66.8 cm³/mol. The number of hydrogen-bond donors (Lipinski definition) is 3. The maximum absolute atomic E-state index is 9.09. The number of aliphatic hydroxyl groups excluding tert-OH is 1. The van der Waals surface area contributed by atoms with Crippen LogP contribution in [-0.2, 0) is 0 Å². The van der Waals surface area contributed by atoms with Crippen molar-refractivity contribution in [2.75, 3.05) is 6.61 Å². The first-order valence-electron chi connectivity index (χ1n) is 5.20. The average Bonchev–Trinajstić information content (AvgIpc) is 2.61. The molecule has 0 saturated carbocycles. The van der Waals surface area contributed by atoms with Crippen LogP contribution in [0.2, 0.25) is 5.02 Å². The Hall–Kier alpha value is -1.03. The third kappa shape index (κ3) is 1.61. The second kappa shape index (κ2) is 4.09. The molecule has 1 aromatic carbocycles. The van der Waals surface area contributed by atoms with Crippen molar-refractivity contribution >= 4 is 22.5 Å². The van der Waals surface area contributed by atoms with Crippen molar-refractivity contribution in [1.29, 1.82) is 0 Å². The van der Waals surface area contributed by atoms with Gasteiger partial charge >= 0.3 is 0 Å². The summed E-state index contributed by atoms with van der Waals surface area (Å²) >= 11 is 6.06. The Balaban J connectivity index is 2.72. The SMILES string of the molecule is Cc1c(C(N)CO)[nH]c2c(C)c(Cl)ccc12. The van der Waals surface area contributed by atoms with E-state index in [0.29, 0.717) is 0 Å². The Morgan fingerprint density at radius 1 is 1.38 bits per heavy atom. The van der Waals surface area contributed by atoms with Crippen molar-refractivity contribution in [3.63, 3.8) is 0 Å². The first-order chi connectivity index (χ1) is 7.56. The molecule has 1 unspecified atom stereocenters. The first-order valence-corrected chi connectivity index (χ1v) is 5.57. The number of hydrogen-bond acceptors (Lipinski definition) is 2. The smallest absolute Gasteiger partial charge is 0.0685 e. The lowest BCUT2D eigenvalue weighted by atomic mass is 10.1. The Kier molecular flexibility index (Phi) is 2.93. The molecule has 1 aromatic heterocycles. The van der Waals surface area contributed by atoms with Crippen LogP contribution in [0.4, 0.5) is 0 Å². The maximum Gasteiger partial charge on any atom is 0.0685 e. The summed E-state index contributed by atoms with van der Waals surface area (Å²) in [6.45, 7) is 3.90. The van der Waals surface area contributed by atoms with Gasteiger partial charge in [0, 0.05) is 16.1 Å². The van der Waals surface area contributed by atoms with E-state index in [9.17, 15) is 0 Å². The lowest BCUT2D eigenvalue weighted by Gasteiger charge is -2.06. The molecule has 2 aromatic rings. The van der Waals surface area contributed by atoms with Crippen molar-refractivity contribution in [1.82, 2.24) is 4.98 Å². The van der Waals surface area contributed by atoms with E-state index in [2.05, 4.69) is 4.98 Å². The normalized spacial score (nSPS) is 13.3. The van der Waals surface area contributed by atoms with Crippen LogP contribution in [0.15, 0.2) is 12.1 Å². The minimum Gasteiger partial charge on any atom is -0.394 e. The van der Waals surface area contributed by atoms with E-state index < -0.39 is 0 Å². The van der Waals surface area contributed by atoms with Crippen LogP contribution in [-0.4, -0.2) is 16.7 Å². The van der Waals surface area contributed by atoms with Gasteiger partial charge in [-0.3, -0.25) is 0 Å². The number of nitrogens with one attached hydrogen (secondary N) is 1. The zero-order valence-corrected chi connectivity index (χ0v) is 10.1. The molecule has 86 valence electrons. The summed E-state index contributed by atoms with van der Waals surface area (Å²) in [5.74, 6) is 0. The molecule has 0 aliphatic rings. The maximum atomic E-state index is 9.09. The van der Waals surface area contributed by atoms with E-state index >= 15 is 0 Å². The van der Waals surface area contributed by atoms with E-state index in [0.717, 1.165) is 32.7 Å². The number of H-pyrrole nitrogens is 1. The minimum atomic E-state index is -0.370. The van der Waals surface area contributed by atoms with Crippen LogP contribution in [0.5, 0.6) is 0 Å². The molecule has 0 radical (unpaired) electrons. The number of aromatic nitrogens is 1. The molecule has 0 saturated heterocycles. The highest BCUT2D eigenvalue weighted by molar-refractivity contribution is 6.32. The number of aliphatic hydroxyl groups is 1. The number of aromatic amines is 1. The fraction of sp³-hybridized carbons (Fsp3) is 0.333. The van der Waals surface area contributed by atoms with E-state index in [-0.39, 0.29) is 12.6 Å². The van der Waals surface area contributed by atoms with Crippen LogP contribution >= 0.6 is 11.6 Å². The van der Waals surface area contributed by atoms with Gasteiger partial charge in [0.1, 0.15) is 0 Å². The van der Waals surface area contributed by atoms with Crippen LogP contribution in [0.3, 0.4) is 0 Å². The van der Waals surface area contributed by atoms with E-state index in [4.69, 9.17) is 22.4 Å². The highest BCUT2D eigenvalue weighted by Gasteiger charge is 2.15. The number of benzene rings is 1. The second-order valence-corrected chi connectivity index (χ2v) is 4.45. The standard InChI is InChI=1S/C12H15ClN2O/c1-6-8-3-4-9(13)7(2)11(8)15-12(6)10(14)5-16/h3-4,10,15-16H,5,14H2,1-2H3. The molecule has 0 spiro atoms. The lowest BCUT2D eigenvalue weighted by molar-refractivity contribution is 0.266. The lowest BCUT2D eigenvalue weighted by Crippen LogP contribution is -2.15. The second-order valence-electron chi connectivity index (χ2n) is 4.05. The van der Waals surface area contributed by atoms with Crippen LogP contribution in [0.25, 0.3) is 10.9 Å². The molecule has 4 heteroatoms. The molecular weight excluding hydrogens is 224 g/mol.